The minimum absolute atomic E-state index is 0.265. The largest absolute Gasteiger partial charge is 0.478 e. The summed E-state index contributed by atoms with van der Waals surface area (Å²) < 4.78 is 4.88. The number of hydrogen-bond acceptors (Lipinski definition) is 3. The first-order valence-corrected chi connectivity index (χ1v) is 6.65. The Bertz CT molecular complexity index is 294. The van der Waals surface area contributed by atoms with Crippen molar-refractivity contribution in [1.82, 2.24) is 0 Å². The van der Waals surface area contributed by atoms with Gasteiger partial charge in [0, 0.05) is 11.6 Å². The van der Waals surface area contributed by atoms with Crippen LogP contribution in [0.4, 0.5) is 0 Å². The maximum atomic E-state index is 11.7. The third-order valence-electron chi connectivity index (χ3n) is 2.89. The van der Waals surface area contributed by atoms with E-state index in [0.717, 1.165) is 31.8 Å². The number of carboxylic acid groups (broad SMARTS) is 1. The summed E-state index contributed by atoms with van der Waals surface area (Å²) in [4.78, 5) is 22.4. The Labute approximate surface area is 109 Å². The molecule has 1 N–H and O–H groups in total. The minimum atomic E-state index is -1.09. The molecule has 0 aliphatic carbocycles. The second-order valence-corrected chi connectivity index (χ2v) is 4.35. The van der Waals surface area contributed by atoms with Crippen LogP contribution in [0.2, 0.25) is 0 Å². The lowest BCUT2D eigenvalue weighted by Crippen LogP contribution is -2.13. The second kappa shape index (κ2) is 9.68. The highest BCUT2D eigenvalue weighted by Gasteiger charge is 2.17. The molecule has 0 rings (SSSR count). The SMILES string of the molecule is CCCCC(CC)C/C(=C/C(=O)O)C(=O)OCC. The molecule has 0 aromatic carbocycles. The fraction of sp³-hybridized carbons (Fsp3) is 0.714. The summed E-state index contributed by atoms with van der Waals surface area (Å²) in [7, 11) is 0. The number of carboxylic acids is 1. The predicted octanol–water partition coefficient (Wildman–Crippen LogP) is 3.17. The van der Waals surface area contributed by atoms with Gasteiger partial charge in [0.05, 0.1) is 6.61 Å². The maximum absolute atomic E-state index is 11.7. The zero-order valence-electron chi connectivity index (χ0n) is 11.6. The van der Waals surface area contributed by atoms with Gasteiger partial charge in [0.1, 0.15) is 0 Å². The van der Waals surface area contributed by atoms with E-state index in [9.17, 15) is 9.59 Å². The molecular formula is C14H24O4. The van der Waals surface area contributed by atoms with Gasteiger partial charge in [0.25, 0.3) is 0 Å². The normalized spacial score (nSPS) is 13.2. The lowest BCUT2D eigenvalue weighted by atomic mass is 9.91. The summed E-state index contributed by atoms with van der Waals surface area (Å²) in [5.74, 6) is -1.25. The van der Waals surface area contributed by atoms with Crippen LogP contribution in [0.15, 0.2) is 11.6 Å². The lowest BCUT2D eigenvalue weighted by molar-refractivity contribution is -0.139. The molecule has 0 amide bonds. The van der Waals surface area contributed by atoms with Gasteiger partial charge in [-0.2, -0.15) is 0 Å². The van der Waals surface area contributed by atoms with E-state index >= 15 is 0 Å². The number of carbonyl (C=O) groups is 2. The molecule has 0 bridgehead atoms. The predicted molar refractivity (Wildman–Crippen MR) is 70.3 cm³/mol. The van der Waals surface area contributed by atoms with E-state index in [1.165, 1.54) is 0 Å². The Morgan fingerprint density at radius 3 is 2.39 bits per heavy atom. The number of unbranched alkanes of at least 4 members (excludes halogenated alkanes) is 1. The molecule has 0 radical (unpaired) electrons. The van der Waals surface area contributed by atoms with E-state index in [1.807, 2.05) is 0 Å². The van der Waals surface area contributed by atoms with Crippen molar-refractivity contribution in [3.63, 3.8) is 0 Å². The fourth-order valence-electron chi connectivity index (χ4n) is 1.83. The van der Waals surface area contributed by atoms with Crippen molar-refractivity contribution in [2.75, 3.05) is 6.61 Å². The van der Waals surface area contributed by atoms with Crippen LogP contribution in [0.5, 0.6) is 0 Å². The first-order valence-electron chi connectivity index (χ1n) is 6.65. The van der Waals surface area contributed by atoms with E-state index < -0.39 is 11.9 Å². The molecule has 18 heavy (non-hydrogen) atoms. The number of esters is 1. The molecule has 0 aliphatic heterocycles. The van der Waals surface area contributed by atoms with Crippen LogP contribution in [0.1, 0.15) is 52.9 Å². The van der Waals surface area contributed by atoms with Crippen molar-refractivity contribution in [1.29, 1.82) is 0 Å². The Kier molecular flexibility index (Phi) is 8.97. The molecule has 0 aromatic heterocycles. The van der Waals surface area contributed by atoms with Gasteiger partial charge in [-0.25, -0.2) is 9.59 Å². The highest BCUT2D eigenvalue weighted by atomic mass is 16.5. The van der Waals surface area contributed by atoms with Crippen molar-refractivity contribution < 1.29 is 19.4 Å². The van der Waals surface area contributed by atoms with Crippen LogP contribution in [-0.2, 0) is 14.3 Å². The summed E-state index contributed by atoms with van der Waals surface area (Å²) in [6.45, 7) is 6.15. The van der Waals surface area contributed by atoms with E-state index in [2.05, 4.69) is 13.8 Å². The molecule has 0 aromatic rings. The molecule has 4 nitrogen and oxygen atoms in total. The smallest absolute Gasteiger partial charge is 0.334 e. The molecule has 0 fully saturated rings. The highest BCUT2D eigenvalue weighted by Crippen LogP contribution is 2.22. The first-order chi connectivity index (χ1) is 8.54. The third-order valence-corrected chi connectivity index (χ3v) is 2.89. The van der Waals surface area contributed by atoms with Gasteiger partial charge in [-0.1, -0.05) is 39.5 Å². The number of ether oxygens (including phenoxy) is 1. The number of hydrogen-bond donors (Lipinski definition) is 1. The highest BCUT2D eigenvalue weighted by molar-refractivity contribution is 5.95. The van der Waals surface area contributed by atoms with Crippen molar-refractivity contribution in [2.24, 2.45) is 5.92 Å². The van der Waals surface area contributed by atoms with Crippen LogP contribution in [0, 0.1) is 5.92 Å². The van der Waals surface area contributed by atoms with Crippen molar-refractivity contribution in [3.05, 3.63) is 11.6 Å². The van der Waals surface area contributed by atoms with Gasteiger partial charge in [-0.05, 0) is 19.3 Å². The van der Waals surface area contributed by atoms with Crippen LogP contribution in [0.3, 0.4) is 0 Å². The van der Waals surface area contributed by atoms with Gasteiger partial charge < -0.3 is 9.84 Å². The monoisotopic (exact) mass is 256 g/mol. The van der Waals surface area contributed by atoms with Gasteiger partial charge in [0.15, 0.2) is 0 Å². The molecule has 0 heterocycles. The average Bonchev–Trinajstić information content (AvgIpc) is 2.32. The van der Waals surface area contributed by atoms with Crippen molar-refractivity contribution >= 4 is 11.9 Å². The Morgan fingerprint density at radius 1 is 1.28 bits per heavy atom. The van der Waals surface area contributed by atoms with E-state index in [1.54, 1.807) is 6.92 Å². The standard InChI is InChI=1S/C14H24O4/c1-4-7-8-11(5-2)9-12(10-13(15)16)14(17)18-6-3/h10-11H,4-9H2,1-3H3,(H,15,16)/b12-10-. The summed E-state index contributed by atoms with van der Waals surface area (Å²) >= 11 is 0. The number of rotatable bonds is 9. The van der Waals surface area contributed by atoms with Gasteiger partial charge in [-0.15, -0.1) is 0 Å². The van der Waals surface area contributed by atoms with E-state index in [4.69, 9.17) is 9.84 Å². The molecule has 1 unspecified atom stereocenters. The van der Waals surface area contributed by atoms with Crippen LogP contribution >= 0.6 is 0 Å². The van der Waals surface area contributed by atoms with E-state index in [0.29, 0.717) is 12.3 Å². The number of aliphatic carboxylic acids is 1. The van der Waals surface area contributed by atoms with Gasteiger partial charge in [0.2, 0.25) is 0 Å². The Hall–Kier alpha value is -1.32. The van der Waals surface area contributed by atoms with Crippen molar-refractivity contribution in [2.45, 2.75) is 52.9 Å². The zero-order valence-corrected chi connectivity index (χ0v) is 11.6. The zero-order chi connectivity index (χ0) is 14.0. The Morgan fingerprint density at radius 2 is 1.94 bits per heavy atom. The fourth-order valence-corrected chi connectivity index (χ4v) is 1.83. The van der Waals surface area contributed by atoms with Crippen LogP contribution < -0.4 is 0 Å². The summed E-state index contributed by atoms with van der Waals surface area (Å²) in [6.07, 6.45) is 5.63. The molecule has 104 valence electrons. The minimum Gasteiger partial charge on any atom is -0.478 e. The topological polar surface area (TPSA) is 63.6 Å². The van der Waals surface area contributed by atoms with E-state index in [-0.39, 0.29) is 12.2 Å². The van der Waals surface area contributed by atoms with Crippen LogP contribution in [-0.4, -0.2) is 23.7 Å². The quantitative estimate of drug-likeness (QED) is 0.508. The first kappa shape index (κ1) is 16.7. The lowest BCUT2D eigenvalue weighted by Gasteiger charge is -2.15. The maximum Gasteiger partial charge on any atom is 0.334 e. The number of carbonyl (C=O) groups excluding carboxylic acids is 1. The Balaban J connectivity index is 4.66. The van der Waals surface area contributed by atoms with Gasteiger partial charge >= 0.3 is 11.9 Å². The molecule has 1 atom stereocenters. The second-order valence-electron chi connectivity index (χ2n) is 4.35. The average molecular weight is 256 g/mol. The molecule has 4 heteroatoms. The third kappa shape index (κ3) is 7.09. The summed E-state index contributed by atoms with van der Waals surface area (Å²) in [5, 5.41) is 8.78. The van der Waals surface area contributed by atoms with Gasteiger partial charge in [-0.3, -0.25) is 0 Å². The molecule has 0 saturated heterocycles. The molecule has 0 aliphatic rings. The molecule has 0 saturated carbocycles. The summed E-state index contributed by atoms with van der Waals surface area (Å²) in [6, 6.07) is 0. The molecular weight excluding hydrogens is 232 g/mol. The summed E-state index contributed by atoms with van der Waals surface area (Å²) in [5.41, 5.74) is 0.271. The molecule has 0 spiro atoms. The van der Waals surface area contributed by atoms with Crippen LogP contribution in [0.25, 0.3) is 0 Å². The van der Waals surface area contributed by atoms with Crippen molar-refractivity contribution in [3.8, 4) is 0 Å².